The molecule has 0 bridgehead atoms. The van der Waals surface area contributed by atoms with E-state index < -0.39 is 0 Å². The molecule has 2 unspecified atom stereocenters. The highest BCUT2D eigenvalue weighted by molar-refractivity contribution is 7.14. The zero-order valence-corrected chi connectivity index (χ0v) is 20.9. The van der Waals surface area contributed by atoms with Crippen LogP contribution in [0.4, 0.5) is 5.13 Å². The second-order valence-electron chi connectivity index (χ2n) is 9.52. The van der Waals surface area contributed by atoms with Crippen LogP contribution in [0.1, 0.15) is 49.1 Å². The third-order valence-electron chi connectivity index (χ3n) is 7.28. The molecule has 3 amide bonds. The summed E-state index contributed by atoms with van der Waals surface area (Å²) in [7, 11) is 0. The van der Waals surface area contributed by atoms with Gasteiger partial charge in [0.15, 0.2) is 5.13 Å². The molecule has 0 radical (unpaired) electrons. The molecular formula is C27H30N4O3S. The van der Waals surface area contributed by atoms with Gasteiger partial charge in [0.05, 0.1) is 17.5 Å². The normalized spacial score (nSPS) is 19.8. The molecule has 2 fully saturated rings. The molecule has 1 aromatic carbocycles. The number of nitrogens with zero attached hydrogens (tertiary/aromatic N) is 3. The fraction of sp³-hybridized carbons (Fsp3) is 0.407. The molecule has 2 atom stereocenters. The Morgan fingerprint density at radius 2 is 1.77 bits per heavy atom. The van der Waals surface area contributed by atoms with Gasteiger partial charge in [0.25, 0.3) is 0 Å². The van der Waals surface area contributed by atoms with Crippen LogP contribution < -0.4 is 5.32 Å². The minimum absolute atomic E-state index is 0.0808. The van der Waals surface area contributed by atoms with Gasteiger partial charge in [0, 0.05) is 41.8 Å². The zero-order valence-electron chi connectivity index (χ0n) is 20.1. The Bertz CT molecular complexity index is 1240. The first-order valence-corrected chi connectivity index (χ1v) is 13.1. The summed E-state index contributed by atoms with van der Waals surface area (Å²) in [5.74, 6) is -0.802. The topological polar surface area (TPSA) is 84.3 Å². The summed E-state index contributed by atoms with van der Waals surface area (Å²) in [6.07, 6.45) is 3.64. The average Bonchev–Trinajstić information content (AvgIpc) is 3.50. The molecule has 8 heteroatoms. The van der Waals surface area contributed by atoms with Gasteiger partial charge in [0.1, 0.15) is 0 Å². The molecule has 0 spiro atoms. The number of aryl methyl sites for hydroxylation is 1. The molecule has 3 heterocycles. The number of benzene rings is 1. The van der Waals surface area contributed by atoms with Crippen molar-refractivity contribution in [2.45, 2.75) is 52.5 Å². The minimum Gasteiger partial charge on any atom is -0.344 e. The Morgan fingerprint density at radius 3 is 2.46 bits per heavy atom. The summed E-state index contributed by atoms with van der Waals surface area (Å²) in [4.78, 5) is 43.7. The third-order valence-corrected chi connectivity index (χ3v) is 8.04. The van der Waals surface area contributed by atoms with E-state index in [-0.39, 0.29) is 42.5 Å². The highest BCUT2D eigenvalue weighted by Gasteiger charge is 2.47. The van der Waals surface area contributed by atoms with Crippen LogP contribution >= 0.6 is 11.3 Å². The Hall–Kier alpha value is -3.26. The second-order valence-corrected chi connectivity index (χ2v) is 10.4. The lowest BCUT2D eigenvalue weighted by atomic mass is 9.81. The van der Waals surface area contributed by atoms with Gasteiger partial charge in [-0.2, -0.15) is 0 Å². The van der Waals surface area contributed by atoms with Crippen LogP contribution in [0.2, 0.25) is 0 Å². The molecule has 5 rings (SSSR count). The number of amides is 3. The lowest BCUT2D eigenvalue weighted by Crippen LogP contribution is -2.34. The van der Waals surface area contributed by atoms with Crippen molar-refractivity contribution in [2.24, 2.45) is 11.8 Å². The predicted molar refractivity (Wildman–Crippen MR) is 136 cm³/mol. The van der Waals surface area contributed by atoms with Crippen molar-refractivity contribution in [3.63, 3.8) is 0 Å². The van der Waals surface area contributed by atoms with Gasteiger partial charge in [-0.15, -0.1) is 11.3 Å². The highest BCUT2D eigenvalue weighted by atomic mass is 32.1. The van der Waals surface area contributed by atoms with E-state index in [2.05, 4.69) is 46.9 Å². The number of carbonyl (C=O) groups excluding carboxylic acids is 3. The van der Waals surface area contributed by atoms with E-state index in [0.29, 0.717) is 5.13 Å². The van der Waals surface area contributed by atoms with Crippen molar-refractivity contribution in [1.29, 1.82) is 0 Å². The molecule has 182 valence electrons. The average molecular weight is 491 g/mol. The van der Waals surface area contributed by atoms with Crippen molar-refractivity contribution >= 4 is 34.2 Å². The molecule has 1 aliphatic heterocycles. The summed E-state index contributed by atoms with van der Waals surface area (Å²) in [6, 6.07) is 12.5. The molecule has 3 aromatic rings. The monoisotopic (exact) mass is 490 g/mol. The number of aromatic nitrogens is 2. The zero-order chi connectivity index (χ0) is 24.5. The molecule has 1 saturated carbocycles. The van der Waals surface area contributed by atoms with E-state index in [1.54, 1.807) is 0 Å². The number of thiazole rings is 1. The molecule has 7 nitrogen and oxygen atoms in total. The Balaban J connectivity index is 1.21. The number of fused-ring (bicyclic) bond motifs is 1. The number of hydrogen-bond acceptors (Lipinski definition) is 5. The van der Waals surface area contributed by atoms with Crippen LogP contribution in [0.3, 0.4) is 0 Å². The van der Waals surface area contributed by atoms with Crippen LogP contribution in [-0.4, -0.2) is 38.7 Å². The van der Waals surface area contributed by atoms with Crippen LogP contribution in [0.25, 0.3) is 11.3 Å². The van der Waals surface area contributed by atoms with Gasteiger partial charge in [-0.1, -0.05) is 43.2 Å². The number of rotatable bonds is 7. The Kier molecular flexibility index (Phi) is 6.56. The summed E-state index contributed by atoms with van der Waals surface area (Å²) in [5, 5.41) is 5.31. The maximum Gasteiger partial charge on any atom is 0.233 e. The quantitative estimate of drug-likeness (QED) is 0.483. The van der Waals surface area contributed by atoms with Crippen molar-refractivity contribution in [1.82, 2.24) is 14.5 Å². The number of likely N-dealkylation sites (tertiary alicyclic amines) is 1. The van der Waals surface area contributed by atoms with Crippen LogP contribution in [0.15, 0.2) is 41.8 Å². The van der Waals surface area contributed by atoms with E-state index in [1.807, 2.05) is 23.6 Å². The first-order valence-electron chi connectivity index (χ1n) is 12.2. The predicted octanol–water partition coefficient (Wildman–Crippen LogP) is 4.78. The van der Waals surface area contributed by atoms with Gasteiger partial charge >= 0.3 is 0 Å². The fourth-order valence-electron chi connectivity index (χ4n) is 5.37. The van der Waals surface area contributed by atoms with Gasteiger partial charge in [-0.25, -0.2) is 4.98 Å². The van der Waals surface area contributed by atoms with Crippen molar-refractivity contribution in [3.8, 4) is 11.3 Å². The van der Waals surface area contributed by atoms with E-state index in [9.17, 15) is 14.4 Å². The number of imide groups is 1. The van der Waals surface area contributed by atoms with E-state index in [4.69, 9.17) is 0 Å². The van der Waals surface area contributed by atoms with Crippen molar-refractivity contribution < 1.29 is 14.4 Å². The summed E-state index contributed by atoms with van der Waals surface area (Å²) in [6.45, 7) is 5.10. The summed E-state index contributed by atoms with van der Waals surface area (Å²) in [5.41, 5.74) is 5.39. The van der Waals surface area contributed by atoms with E-state index in [1.165, 1.54) is 21.8 Å². The molecule has 1 N–H and O–H groups in total. The van der Waals surface area contributed by atoms with Gasteiger partial charge in [-0.05, 0) is 38.3 Å². The first kappa shape index (κ1) is 23.5. The summed E-state index contributed by atoms with van der Waals surface area (Å²) >= 11 is 1.38. The van der Waals surface area contributed by atoms with Crippen LogP contribution in [-0.2, 0) is 20.9 Å². The van der Waals surface area contributed by atoms with Gasteiger partial charge < -0.3 is 9.88 Å². The molecule has 1 saturated heterocycles. The smallest absolute Gasteiger partial charge is 0.233 e. The third kappa shape index (κ3) is 4.67. The van der Waals surface area contributed by atoms with E-state index >= 15 is 0 Å². The van der Waals surface area contributed by atoms with Crippen LogP contribution in [0, 0.1) is 25.7 Å². The first-order chi connectivity index (χ1) is 16.9. The maximum absolute atomic E-state index is 12.6. The van der Waals surface area contributed by atoms with Crippen molar-refractivity contribution in [3.05, 3.63) is 58.7 Å². The largest absolute Gasteiger partial charge is 0.344 e. The SMILES string of the molecule is Cc1cc(-c2csc(NC(=O)CCN3C(=O)C4CCCCC4C3=O)n2)c(C)n1Cc1ccccc1. The number of anilines is 1. The van der Waals surface area contributed by atoms with Gasteiger partial charge in [0.2, 0.25) is 17.7 Å². The molecule has 2 aromatic heterocycles. The summed E-state index contributed by atoms with van der Waals surface area (Å²) < 4.78 is 2.27. The number of nitrogens with one attached hydrogen (secondary N) is 1. The number of carbonyl (C=O) groups is 3. The lowest BCUT2D eigenvalue weighted by molar-refractivity contribution is -0.140. The molecule has 35 heavy (non-hydrogen) atoms. The fourth-order valence-corrected chi connectivity index (χ4v) is 6.10. The standard InChI is InChI=1S/C27H30N4O3S/c1-17-14-22(18(2)31(17)15-19-8-4-3-5-9-19)23-16-35-27(28-23)29-24(32)12-13-30-25(33)20-10-6-7-11-21(20)26(30)34/h3-5,8-9,14,16,20-21H,6-7,10-13,15H2,1-2H3,(H,28,29,32). The van der Waals surface area contributed by atoms with Gasteiger partial charge in [-0.3, -0.25) is 19.3 Å². The Labute approximate surface area is 209 Å². The van der Waals surface area contributed by atoms with Crippen LogP contribution in [0.5, 0.6) is 0 Å². The minimum atomic E-state index is -0.240. The lowest BCUT2D eigenvalue weighted by Gasteiger charge is -2.19. The Morgan fingerprint density at radius 1 is 1.09 bits per heavy atom. The molecular weight excluding hydrogens is 460 g/mol. The second kappa shape index (κ2) is 9.77. The molecule has 2 aliphatic rings. The van der Waals surface area contributed by atoms with Crippen molar-refractivity contribution in [2.75, 3.05) is 11.9 Å². The number of hydrogen-bond donors (Lipinski definition) is 1. The molecule has 1 aliphatic carbocycles. The maximum atomic E-state index is 12.6. The highest BCUT2D eigenvalue weighted by Crippen LogP contribution is 2.38. The van der Waals surface area contributed by atoms with E-state index in [0.717, 1.165) is 54.9 Å².